The highest BCUT2D eigenvalue weighted by Gasteiger charge is 2.24. The molecule has 1 heterocycles. The van der Waals surface area contributed by atoms with E-state index in [9.17, 15) is 18.3 Å². The molecule has 0 amide bonds. The summed E-state index contributed by atoms with van der Waals surface area (Å²) in [5.74, 6) is -1.57. The van der Waals surface area contributed by atoms with Crippen molar-refractivity contribution in [2.45, 2.75) is 17.6 Å². The van der Waals surface area contributed by atoms with E-state index in [1.54, 1.807) is 60.4 Å². The van der Waals surface area contributed by atoms with Crippen molar-refractivity contribution >= 4 is 32.8 Å². The van der Waals surface area contributed by atoms with E-state index in [1.165, 1.54) is 6.07 Å². The Morgan fingerprint density at radius 2 is 1.77 bits per heavy atom. The molecule has 0 aliphatic heterocycles. The lowest BCUT2D eigenvalue weighted by molar-refractivity contribution is 0.0701. The Hall–Kier alpha value is -3.82. The molecule has 1 aromatic heterocycles. The van der Waals surface area contributed by atoms with Gasteiger partial charge in [0.25, 0.3) is 0 Å². The van der Waals surface area contributed by atoms with Crippen molar-refractivity contribution < 1.29 is 18.3 Å². The quantitative estimate of drug-likeness (QED) is 0.254. The van der Waals surface area contributed by atoms with Gasteiger partial charge in [-0.25, -0.2) is 13.2 Å². The first-order valence-electron chi connectivity index (χ1n) is 8.54. The molecule has 0 saturated carbocycles. The number of hydrogen-bond donors (Lipinski definition) is 2. The fourth-order valence-electron chi connectivity index (χ4n) is 2.79. The van der Waals surface area contributed by atoms with Crippen molar-refractivity contribution in [3.05, 3.63) is 91.5 Å². The van der Waals surface area contributed by atoms with E-state index in [0.29, 0.717) is 21.7 Å². The Kier molecular flexibility index (Phi) is 7.78. The van der Waals surface area contributed by atoms with Crippen LogP contribution in [0.15, 0.2) is 64.6 Å². The minimum Gasteiger partial charge on any atom is -0.477 e. The zero-order valence-corrected chi connectivity index (χ0v) is 17.8. The summed E-state index contributed by atoms with van der Waals surface area (Å²) in [5.41, 5.74) is 22.7. The van der Waals surface area contributed by atoms with E-state index >= 15 is 0 Å². The van der Waals surface area contributed by atoms with Crippen molar-refractivity contribution in [3.8, 4) is 10.4 Å². The first-order chi connectivity index (χ1) is 14.7. The molecule has 0 aliphatic carbocycles. The van der Waals surface area contributed by atoms with E-state index in [-0.39, 0.29) is 15.3 Å². The summed E-state index contributed by atoms with van der Waals surface area (Å²) in [6.45, 7) is 1.70. The lowest BCUT2D eigenvalue weighted by atomic mass is 10.1. The van der Waals surface area contributed by atoms with Crippen LogP contribution < -0.4 is 0 Å². The molecule has 10 nitrogen and oxygen atoms in total. The van der Waals surface area contributed by atoms with E-state index in [1.807, 2.05) is 0 Å². The summed E-state index contributed by atoms with van der Waals surface area (Å²) in [5, 5.41) is 13.0. The second kappa shape index (κ2) is 10.3. The molecule has 12 heteroatoms. The van der Waals surface area contributed by atoms with Gasteiger partial charge < -0.3 is 5.11 Å². The van der Waals surface area contributed by atoms with Gasteiger partial charge in [0.05, 0.1) is 10.6 Å². The normalized spacial score (nSPS) is 10.2. The van der Waals surface area contributed by atoms with Gasteiger partial charge in [-0.05, 0) is 51.7 Å². The second-order valence-electron chi connectivity index (χ2n) is 6.13. The lowest BCUT2D eigenvalue weighted by Crippen LogP contribution is -2.08. The van der Waals surface area contributed by atoms with E-state index < -0.39 is 21.6 Å². The van der Waals surface area contributed by atoms with Crippen molar-refractivity contribution in [1.29, 1.82) is 5.53 Å². The number of benzene rings is 2. The average Bonchev–Trinajstić information content (AvgIpc) is 3.13. The molecule has 0 spiro atoms. The molecule has 0 radical (unpaired) electrons. The van der Waals surface area contributed by atoms with Crippen LogP contribution in [0.1, 0.15) is 20.8 Å². The molecule has 0 saturated heterocycles. The Morgan fingerprint density at radius 3 is 2.32 bits per heavy atom. The summed E-state index contributed by atoms with van der Waals surface area (Å²) < 4.78 is 25.6. The number of hydrogen-bond acceptors (Lipinski definition) is 6. The minimum atomic E-state index is -3.69. The number of aryl methyl sites for hydroxylation is 1. The van der Waals surface area contributed by atoms with Crippen LogP contribution in [0.25, 0.3) is 31.3 Å². The number of aromatic carboxylic acids is 1. The van der Waals surface area contributed by atoms with Gasteiger partial charge in [-0.15, -0.1) is 16.9 Å². The van der Waals surface area contributed by atoms with Crippen molar-refractivity contribution in [2.24, 2.45) is 5.11 Å². The molecule has 31 heavy (non-hydrogen) atoms. The van der Waals surface area contributed by atoms with Gasteiger partial charge in [0.15, 0.2) is 9.84 Å². The molecule has 0 unspecified atom stereocenters. The van der Waals surface area contributed by atoms with Crippen LogP contribution in [0.3, 0.4) is 0 Å². The standard InChI is InChI=1S/C19H15N3O4S2.HN3/c1-12-4-2-3-5-17(12)28(25,26)11-14-10-16(27-18(14)19(23)24)13-6-8-15(9-7-13)21-22-20;1-3-2/h2-10H,11H2,1H3,(H,23,24);1H. The van der Waals surface area contributed by atoms with Crippen LogP contribution in [-0.2, 0) is 15.6 Å². The number of thiophene rings is 1. The number of nitrogens with zero attached hydrogens (tertiary/aromatic N) is 5. The van der Waals surface area contributed by atoms with Gasteiger partial charge in [0.1, 0.15) is 4.88 Å². The highest BCUT2D eigenvalue weighted by molar-refractivity contribution is 7.90. The van der Waals surface area contributed by atoms with Gasteiger partial charge in [-0.2, -0.15) is 0 Å². The van der Waals surface area contributed by atoms with Crippen LogP contribution in [-0.4, -0.2) is 19.5 Å². The Labute approximate surface area is 181 Å². The first-order valence-corrected chi connectivity index (χ1v) is 11.0. The van der Waals surface area contributed by atoms with E-state index in [4.69, 9.17) is 16.6 Å². The third-order valence-electron chi connectivity index (χ3n) is 4.09. The summed E-state index contributed by atoms with van der Waals surface area (Å²) in [7, 11) is -3.69. The van der Waals surface area contributed by atoms with Gasteiger partial charge in [0.2, 0.25) is 0 Å². The molecular formula is C19H16N6O4S2. The zero-order valence-electron chi connectivity index (χ0n) is 16.1. The Bertz CT molecular complexity index is 1290. The number of rotatable bonds is 6. The molecule has 2 aromatic carbocycles. The van der Waals surface area contributed by atoms with E-state index in [2.05, 4.69) is 10.0 Å². The van der Waals surface area contributed by atoms with Crippen LogP contribution in [0.5, 0.6) is 0 Å². The maximum atomic E-state index is 12.8. The summed E-state index contributed by atoms with van der Waals surface area (Å²) in [6.07, 6.45) is 0. The topological polar surface area (TPSA) is 180 Å². The summed E-state index contributed by atoms with van der Waals surface area (Å²) in [4.78, 5) is 16.9. The number of sulfone groups is 1. The zero-order chi connectivity index (χ0) is 23.0. The molecule has 0 aliphatic rings. The highest BCUT2D eigenvalue weighted by Crippen LogP contribution is 2.34. The van der Waals surface area contributed by atoms with Crippen molar-refractivity contribution in [3.63, 3.8) is 0 Å². The average molecular weight is 457 g/mol. The maximum absolute atomic E-state index is 12.8. The molecule has 0 atom stereocenters. The van der Waals surface area contributed by atoms with Gasteiger partial charge >= 0.3 is 5.97 Å². The third-order valence-corrected chi connectivity index (χ3v) is 7.12. The number of azide groups is 1. The molecule has 3 aromatic rings. The van der Waals surface area contributed by atoms with E-state index in [0.717, 1.165) is 11.3 Å². The van der Waals surface area contributed by atoms with Crippen LogP contribution >= 0.6 is 11.3 Å². The Balaban J connectivity index is 0.00000107. The number of carboxylic acid groups (broad SMARTS) is 1. The van der Waals surface area contributed by atoms with Crippen molar-refractivity contribution in [1.82, 2.24) is 0 Å². The summed E-state index contributed by atoms with van der Waals surface area (Å²) in [6, 6.07) is 14.8. The highest BCUT2D eigenvalue weighted by atomic mass is 32.2. The fourth-order valence-corrected chi connectivity index (χ4v) is 5.54. The van der Waals surface area contributed by atoms with Crippen molar-refractivity contribution in [2.75, 3.05) is 0 Å². The molecule has 2 N–H and O–H groups in total. The monoisotopic (exact) mass is 456 g/mol. The minimum absolute atomic E-state index is 0.00807. The van der Waals surface area contributed by atoms with Gasteiger partial charge in [0, 0.05) is 15.5 Å². The number of nitrogens with one attached hydrogen (secondary N) is 1. The van der Waals surface area contributed by atoms with Crippen LogP contribution in [0, 0.1) is 12.5 Å². The molecular weight excluding hydrogens is 440 g/mol. The first kappa shape index (κ1) is 23.5. The molecule has 158 valence electrons. The lowest BCUT2D eigenvalue weighted by Gasteiger charge is -2.07. The molecule has 0 bridgehead atoms. The Morgan fingerprint density at radius 1 is 1.16 bits per heavy atom. The third kappa shape index (κ3) is 5.84. The smallest absolute Gasteiger partial charge is 0.346 e. The number of carboxylic acids is 1. The SMILES string of the molecule is Cc1ccccc1S(=O)(=O)Cc1cc(-c2ccc(N=[N+]=[N-])cc2)sc1C(=O)O.[N-]=[N+]=N. The fraction of sp³-hybridized carbons (Fsp3) is 0.105. The molecule has 3 rings (SSSR count). The maximum Gasteiger partial charge on any atom is 0.346 e. The largest absolute Gasteiger partial charge is 0.477 e. The second-order valence-corrected chi connectivity index (χ2v) is 9.14. The van der Waals surface area contributed by atoms with Crippen LogP contribution in [0.2, 0.25) is 0 Å². The van der Waals surface area contributed by atoms with Gasteiger partial charge in [-0.3, -0.25) is 0 Å². The summed E-state index contributed by atoms with van der Waals surface area (Å²) >= 11 is 1.01. The predicted molar refractivity (Wildman–Crippen MR) is 117 cm³/mol. The predicted octanol–water partition coefficient (Wildman–Crippen LogP) is 6.21. The molecule has 0 fully saturated rings. The number of carbonyl (C=O) groups is 1. The van der Waals surface area contributed by atoms with Crippen LogP contribution in [0.4, 0.5) is 5.69 Å². The van der Waals surface area contributed by atoms with Gasteiger partial charge in [-0.1, -0.05) is 47.6 Å².